The smallest absolute Gasteiger partial charge is 0.256 e. The van der Waals surface area contributed by atoms with Crippen LogP contribution < -0.4 is 26.2 Å². The molecule has 2 aliphatic carbocycles. The molecule has 0 radical (unpaired) electrons. The highest BCUT2D eigenvalue weighted by molar-refractivity contribution is 7.00. The number of nitrogens with zero attached hydrogens (tertiary/aromatic N) is 2. The van der Waals surface area contributed by atoms with Gasteiger partial charge in [-0.15, -0.1) is 0 Å². The zero-order chi connectivity index (χ0) is 45.0. The Kier molecular flexibility index (Phi) is 9.03. The van der Waals surface area contributed by atoms with Crippen molar-refractivity contribution < 1.29 is 4.42 Å². The van der Waals surface area contributed by atoms with Crippen LogP contribution in [0.15, 0.2) is 101 Å². The van der Waals surface area contributed by atoms with E-state index in [0.717, 1.165) is 30.9 Å². The quantitative estimate of drug-likeness (QED) is 0.165. The fourth-order valence-electron chi connectivity index (χ4n) is 11.7. The molecule has 0 saturated carbocycles. The van der Waals surface area contributed by atoms with E-state index in [2.05, 4.69) is 211 Å². The molecule has 2 aliphatic heterocycles. The number of benzene rings is 5. The summed E-state index contributed by atoms with van der Waals surface area (Å²) in [5.41, 5.74) is 20.9. The van der Waals surface area contributed by atoms with Gasteiger partial charge in [-0.3, -0.25) is 4.90 Å². The Labute approximate surface area is 379 Å². The van der Waals surface area contributed by atoms with E-state index in [4.69, 9.17) is 4.42 Å². The maximum Gasteiger partial charge on any atom is 0.256 e. The monoisotopic (exact) mass is 833 g/mol. The first kappa shape index (κ1) is 42.0. The topological polar surface area (TPSA) is 19.6 Å². The van der Waals surface area contributed by atoms with Gasteiger partial charge in [0.05, 0.1) is 0 Å². The summed E-state index contributed by atoms with van der Waals surface area (Å²) < 4.78 is 7.69. The second-order valence-corrected chi connectivity index (χ2v) is 24.5. The molecule has 0 amide bonds. The number of aryl methyl sites for hydroxylation is 1. The van der Waals surface area contributed by atoms with E-state index in [1.54, 1.807) is 0 Å². The van der Waals surface area contributed by atoms with Gasteiger partial charge in [-0.1, -0.05) is 152 Å². The van der Waals surface area contributed by atoms with Crippen molar-refractivity contribution >= 4 is 57.4 Å². The highest BCUT2D eigenvalue weighted by Gasteiger charge is 2.53. The standard InChI is InChI=1S/C59H69BN2O/c1-36-18-16-17-19-42(36)37-32-47-50-48(33-37)62(41-25-26-43-44(35-41)57(10,11)29-28-56(43,8)9)53-51(49-52(63-53)59(14,15)31-30-58(49,12)13)60(50)45-34-39(55(5,6)7)22-27-46(45)61(47)40-23-20-38(21-24-40)54(2,3)4/h16-27,32-35H,28-31H2,1-15H3. The summed E-state index contributed by atoms with van der Waals surface area (Å²) in [5, 5.41) is 0. The summed E-state index contributed by atoms with van der Waals surface area (Å²) in [5.74, 6) is 2.16. The van der Waals surface area contributed by atoms with Crippen LogP contribution in [-0.2, 0) is 32.5 Å². The number of fused-ring (bicyclic) bond motifs is 7. The van der Waals surface area contributed by atoms with E-state index in [0.29, 0.717) is 0 Å². The molecule has 0 atom stereocenters. The van der Waals surface area contributed by atoms with E-state index >= 15 is 0 Å². The first-order chi connectivity index (χ1) is 29.4. The Bertz CT molecular complexity index is 2830. The molecule has 0 bridgehead atoms. The minimum atomic E-state index is -0.108. The lowest BCUT2D eigenvalue weighted by atomic mass is 9.32. The van der Waals surface area contributed by atoms with Crippen LogP contribution in [0.4, 0.5) is 34.3 Å². The first-order valence-corrected chi connectivity index (χ1v) is 23.8. The van der Waals surface area contributed by atoms with E-state index in [9.17, 15) is 0 Å². The van der Waals surface area contributed by atoms with Crippen LogP contribution in [0.1, 0.15) is 162 Å². The van der Waals surface area contributed by atoms with Gasteiger partial charge in [-0.25, -0.2) is 0 Å². The molecule has 3 nitrogen and oxygen atoms in total. The molecule has 0 N–H and O–H groups in total. The lowest BCUT2D eigenvalue weighted by molar-refractivity contribution is 0.280. The molecule has 0 unspecified atom stereocenters. The number of hydrogen-bond acceptors (Lipinski definition) is 3. The molecule has 4 heteroatoms. The second-order valence-electron chi connectivity index (χ2n) is 24.5. The van der Waals surface area contributed by atoms with Gasteiger partial charge in [0, 0.05) is 33.9 Å². The number of anilines is 6. The Morgan fingerprint density at radius 2 is 1.10 bits per heavy atom. The van der Waals surface area contributed by atoms with Crippen molar-refractivity contribution in [1.29, 1.82) is 0 Å². The maximum atomic E-state index is 7.69. The third-order valence-corrected chi connectivity index (χ3v) is 16.0. The normalized spacial score (nSPS) is 18.9. The largest absolute Gasteiger partial charge is 0.444 e. The predicted molar refractivity (Wildman–Crippen MR) is 271 cm³/mol. The molecule has 5 aromatic carbocycles. The summed E-state index contributed by atoms with van der Waals surface area (Å²) >= 11 is 0. The van der Waals surface area contributed by atoms with Gasteiger partial charge in [-0.2, -0.15) is 0 Å². The van der Waals surface area contributed by atoms with E-state index in [1.807, 2.05) is 0 Å². The second kappa shape index (κ2) is 13.5. The highest BCUT2D eigenvalue weighted by Crippen LogP contribution is 2.55. The number of hydrogen-bond donors (Lipinski definition) is 0. The zero-order valence-electron chi connectivity index (χ0n) is 40.9. The van der Waals surface area contributed by atoms with Crippen molar-refractivity contribution in [1.82, 2.24) is 0 Å². The van der Waals surface area contributed by atoms with Crippen LogP contribution in [0.3, 0.4) is 0 Å². The van der Waals surface area contributed by atoms with Gasteiger partial charge in [-0.05, 0) is 163 Å². The van der Waals surface area contributed by atoms with Gasteiger partial charge in [0.2, 0.25) is 0 Å². The van der Waals surface area contributed by atoms with Crippen molar-refractivity contribution in [3.8, 4) is 11.1 Å². The fraction of sp³-hybridized carbons (Fsp3) is 0.424. The Morgan fingerprint density at radius 1 is 0.524 bits per heavy atom. The lowest BCUT2D eigenvalue weighted by Crippen LogP contribution is -2.62. The van der Waals surface area contributed by atoms with E-state index in [-0.39, 0.29) is 39.2 Å². The Balaban J connectivity index is 1.37. The molecule has 0 fully saturated rings. The Hall–Kier alpha value is -4.96. The summed E-state index contributed by atoms with van der Waals surface area (Å²) in [4.78, 5) is 5.16. The van der Waals surface area contributed by atoms with Crippen molar-refractivity contribution in [3.05, 3.63) is 136 Å². The van der Waals surface area contributed by atoms with Crippen LogP contribution >= 0.6 is 0 Å². The van der Waals surface area contributed by atoms with E-state index in [1.165, 1.54) is 95.8 Å². The van der Waals surface area contributed by atoms with Crippen LogP contribution in [0.25, 0.3) is 11.1 Å². The molecule has 324 valence electrons. The van der Waals surface area contributed by atoms with Crippen molar-refractivity contribution in [2.75, 3.05) is 9.80 Å². The molecule has 1 aromatic heterocycles. The molecule has 0 saturated heterocycles. The van der Waals surface area contributed by atoms with Crippen LogP contribution in [0.2, 0.25) is 0 Å². The molecular weight excluding hydrogens is 763 g/mol. The van der Waals surface area contributed by atoms with Crippen LogP contribution in [0, 0.1) is 6.92 Å². The fourth-order valence-corrected chi connectivity index (χ4v) is 11.7. The molecule has 3 heterocycles. The average Bonchev–Trinajstić information content (AvgIpc) is 3.63. The minimum absolute atomic E-state index is 0.0248. The van der Waals surface area contributed by atoms with Gasteiger partial charge in [0.1, 0.15) is 5.76 Å². The zero-order valence-corrected chi connectivity index (χ0v) is 40.9. The highest BCUT2D eigenvalue weighted by atomic mass is 16.4. The minimum Gasteiger partial charge on any atom is -0.444 e. The van der Waals surface area contributed by atoms with Crippen molar-refractivity contribution in [3.63, 3.8) is 0 Å². The SMILES string of the molecule is Cc1ccccc1-c1cc2c3c(c1)N(c1ccc4c(c1)C(C)(C)CCC4(C)C)c1oc4c(c1B3c1cc(C(C)(C)C)ccc1N2c1ccc(C(C)(C)C)cc1)C(C)(C)CCC4(C)C. The molecule has 4 aliphatic rings. The molecular formula is C59H69BN2O. The average molecular weight is 833 g/mol. The third kappa shape index (κ3) is 6.42. The summed E-state index contributed by atoms with van der Waals surface area (Å²) in [6.45, 7) is 35.7. The number of furan rings is 1. The van der Waals surface area contributed by atoms with Crippen LogP contribution in [-0.4, -0.2) is 6.71 Å². The van der Waals surface area contributed by atoms with Gasteiger partial charge in [0.15, 0.2) is 5.88 Å². The summed E-state index contributed by atoms with van der Waals surface area (Å²) in [6, 6.07) is 38.1. The van der Waals surface area contributed by atoms with Crippen LogP contribution in [0.5, 0.6) is 0 Å². The summed E-state index contributed by atoms with van der Waals surface area (Å²) in [6.07, 6.45) is 4.55. The van der Waals surface area contributed by atoms with E-state index < -0.39 is 0 Å². The van der Waals surface area contributed by atoms with Gasteiger partial charge >= 0.3 is 0 Å². The molecule has 0 spiro atoms. The molecule has 6 aromatic rings. The summed E-state index contributed by atoms with van der Waals surface area (Å²) in [7, 11) is 0. The van der Waals surface area contributed by atoms with Gasteiger partial charge < -0.3 is 9.32 Å². The molecule has 10 rings (SSSR count). The van der Waals surface area contributed by atoms with Gasteiger partial charge in [0.25, 0.3) is 6.71 Å². The molecule has 63 heavy (non-hydrogen) atoms. The Morgan fingerprint density at radius 3 is 1.75 bits per heavy atom. The maximum absolute atomic E-state index is 7.69. The first-order valence-electron chi connectivity index (χ1n) is 23.8. The predicted octanol–water partition coefficient (Wildman–Crippen LogP) is 14.6. The van der Waals surface area contributed by atoms with Crippen molar-refractivity contribution in [2.45, 2.75) is 162 Å². The lowest BCUT2D eigenvalue weighted by Gasteiger charge is -2.45. The van der Waals surface area contributed by atoms with Crippen molar-refractivity contribution in [2.24, 2.45) is 0 Å². The third-order valence-electron chi connectivity index (χ3n) is 16.0. The number of rotatable bonds is 3.